The van der Waals surface area contributed by atoms with Gasteiger partial charge in [-0.1, -0.05) is 12.8 Å². The normalized spacial score (nSPS) is 15.6. The van der Waals surface area contributed by atoms with Crippen LogP contribution in [0.4, 0.5) is 11.5 Å². The van der Waals surface area contributed by atoms with Crippen molar-refractivity contribution in [3.63, 3.8) is 0 Å². The number of pyridine rings is 1. The third kappa shape index (κ3) is 3.04. The van der Waals surface area contributed by atoms with E-state index in [-0.39, 0.29) is 17.2 Å². The largest absolute Gasteiger partial charge is 0.373 e. The molecule has 0 atom stereocenters. The summed E-state index contributed by atoms with van der Waals surface area (Å²) in [6.45, 7) is 1.32. The number of rotatable bonds is 3. The number of aromatic nitrogens is 1. The Hall–Kier alpha value is -2.18. The Morgan fingerprint density at radius 3 is 2.55 bits per heavy atom. The summed E-state index contributed by atoms with van der Waals surface area (Å²) >= 11 is 0. The molecule has 0 bridgehead atoms. The molecule has 0 spiro atoms. The minimum Gasteiger partial charge on any atom is -0.373 e. The Balaban J connectivity index is 2.33. The zero-order valence-corrected chi connectivity index (χ0v) is 11.5. The quantitative estimate of drug-likeness (QED) is 0.675. The molecule has 108 valence electrons. The Labute approximate surface area is 117 Å². The first-order valence-corrected chi connectivity index (χ1v) is 6.75. The second-order valence-electron chi connectivity index (χ2n) is 4.80. The third-order valence-corrected chi connectivity index (χ3v) is 3.46. The second kappa shape index (κ2) is 6.31. The molecular formula is C13H18N4O3. The van der Waals surface area contributed by atoms with Gasteiger partial charge in [0.05, 0.1) is 4.92 Å². The molecule has 1 aliphatic heterocycles. The van der Waals surface area contributed by atoms with Gasteiger partial charge in [0, 0.05) is 26.2 Å². The smallest absolute Gasteiger partial charge is 0.300 e. The number of likely N-dealkylation sites (tertiary alicyclic amines) is 1. The second-order valence-corrected chi connectivity index (χ2v) is 4.80. The lowest BCUT2D eigenvalue weighted by atomic mass is 10.2. The maximum absolute atomic E-state index is 12.5. The van der Waals surface area contributed by atoms with Crippen LogP contribution in [-0.2, 0) is 0 Å². The summed E-state index contributed by atoms with van der Waals surface area (Å²) in [5, 5.41) is 13.9. The maximum atomic E-state index is 12.5. The monoisotopic (exact) mass is 278 g/mol. The molecule has 1 amide bonds. The molecule has 1 aromatic heterocycles. The molecule has 1 N–H and O–H groups in total. The molecule has 2 heterocycles. The van der Waals surface area contributed by atoms with E-state index in [0.717, 1.165) is 31.9 Å². The van der Waals surface area contributed by atoms with Crippen molar-refractivity contribution in [1.82, 2.24) is 9.88 Å². The number of amides is 1. The number of hydrogen-bond donors (Lipinski definition) is 1. The molecule has 20 heavy (non-hydrogen) atoms. The number of anilines is 1. The summed E-state index contributed by atoms with van der Waals surface area (Å²) in [4.78, 5) is 28.6. The molecule has 1 aromatic rings. The number of nitro groups is 1. The van der Waals surface area contributed by atoms with Crippen molar-refractivity contribution in [2.45, 2.75) is 25.7 Å². The van der Waals surface area contributed by atoms with Crippen LogP contribution in [0.2, 0.25) is 0 Å². The van der Waals surface area contributed by atoms with E-state index in [1.165, 1.54) is 6.07 Å². The van der Waals surface area contributed by atoms with E-state index >= 15 is 0 Å². The average molecular weight is 278 g/mol. The van der Waals surface area contributed by atoms with Crippen LogP contribution in [0.1, 0.15) is 36.0 Å². The summed E-state index contributed by atoms with van der Waals surface area (Å²) in [6.07, 6.45) is 5.23. The molecule has 7 nitrogen and oxygen atoms in total. The SMILES string of the molecule is CNc1cc(C(=O)N2CCCCCC2)c([N+](=O)[O-])cn1. The molecule has 7 heteroatoms. The van der Waals surface area contributed by atoms with Crippen molar-refractivity contribution in [3.05, 3.63) is 27.9 Å². The molecule has 1 aliphatic rings. The Bertz CT molecular complexity index is 510. The van der Waals surface area contributed by atoms with Gasteiger partial charge < -0.3 is 10.2 Å². The van der Waals surface area contributed by atoms with Crippen LogP contribution in [0, 0.1) is 10.1 Å². The minimum atomic E-state index is -0.558. The number of hydrogen-bond acceptors (Lipinski definition) is 5. The van der Waals surface area contributed by atoms with Gasteiger partial charge in [0.2, 0.25) is 0 Å². The van der Waals surface area contributed by atoms with Crippen LogP contribution < -0.4 is 5.32 Å². The molecule has 0 aliphatic carbocycles. The fourth-order valence-electron chi connectivity index (χ4n) is 2.35. The summed E-state index contributed by atoms with van der Waals surface area (Å²) in [7, 11) is 1.66. The highest BCUT2D eigenvalue weighted by Gasteiger charge is 2.26. The van der Waals surface area contributed by atoms with Crippen molar-refractivity contribution in [2.24, 2.45) is 0 Å². The molecule has 2 rings (SSSR count). The number of carbonyl (C=O) groups is 1. The first-order valence-electron chi connectivity index (χ1n) is 6.75. The van der Waals surface area contributed by atoms with Gasteiger partial charge in [0.25, 0.3) is 11.6 Å². The number of nitrogens with zero attached hydrogens (tertiary/aromatic N) is 3. The van der Waals surface area contributed by atoms with E-state index in [2.05, 4.69) is 10.3 Å². The standard InChI is InChI=1S/C13H18N4O3/c1-14-12-8-10(11(9-15-12)17(19)20)13(18)16-6-4-2-3-5-7-16/h8-9H,2-7H2,1H3,(H,14,15). The fourth-order valence-corrected chi connectivity index (χ4v) is 2.35. The molecule has 0 aromatic carbocycles. The Morgan fingerprint density at radius 1 is 1.35 bits per heavy atom. The summed E-state index contributed by atoms with van der Waals surface area (Å²) in [5.74, 6) is 0.172. The van der Waals surface area contributed by atoms with Gasteiger partial charge in [0.1, 0.15) is 17.6 Å². The van der Waals surface area contributed by atoms with Crippen LogP contribution in [0.25, 0.3) is 0 Å². The lowest BCUT2D eigenvalue weighted by molar-refractivity contribution is -0.385. The maximum Gasteiger partial charge on any atom is 0.300 e. The molecule has 1 fully saturated rings. The molecule has 0 saturated carbocycles. The van der Waals surface area contributed by atoms with Gasteiger partial charge in [-0.15, -0.1) is 0 Å². The number of carbonyl (C=O) groups excluding carboxylic acids is 1. The van der Waals surface area contributed by atoms with E-state index in [0.29, 0.717) is 18.9 Å². The molecule has 0 unspecified atom stereocenters. The zero-order valence-electron chi connectivity index (χ0n) is 11.5. The van der Waals surface area contributed by atoms with Gasteiger partial charge >= 0.3 is 0 Å². The number of nitrogens with one attached hydrogen (secondary N) is 1. The zero-order chi connectivity index (χ0) is 14.5. The van der Waals surface area contributed by atoms with Crippen molar-refractivity contribution in [1.29, 1.82) is 0 Å². The van der Waals surface area contributed by atoms with Crippen molar-refractivity contribution in [2.75, 3.05) is 25.5 Å². The summed E-state index contributed by atoms with van der Waals surface area (Å²) < 4.78 is 0. The fraction of sp³-hybridized carbons (Fsp3) is 0.538. The van der Waals surface area contributed by atoms with Crippen LogP contribution in [0.15, 0.2) is 12.3 Å². The van der Waals surface area contributed by atoms with Crippen LogP contribution in [-0.4, -0.2) is 40.9 Å². The summed E-state index contributed by atoms with van der Waals surface area (Å²) in [6, 6.07) is 1.45. The predicted molar refractivity (Wildman–Crippen MR) is 74.8 cm³/mol. The molecule has 1 saturated heterocycles. The van der Waals surface area contributed by atoms with Crippen molar-refractivity contribution in [3.8, 4) is 0 Å². The lowest BCUT2D eigenvalue weighted by Crippen LogP contribution is -2.32. The highest BCUT2D eigenvalue weighted by atomic mass is 16.6. The van der Waals surface area contributed by atoms with Gasteiger partial charge in [0.15, 0.2) is 0 Å². The van der Waals surface area contributed by atoms with E-state index in [9.17, 15) is 14.9 Å². The first kappa shape index (κ1) is 14.2. The van der Waals surface area contributed by atoms with E-state index in [1.54, 1.807) is 11.9 Å². The van der Waals surface area contributed by atoms with Crippen molar-refractivity contribution < 1.29 is 9.72 Å². The topological polar surface area (TPSA) is 88.4 Å². The molecule has 0 radical (unpaired) electrons. The third-order valence-electron chi connectivity index (χ3n) is 3.46. The van der Waals surface area contributed by atoms with Gasteiger partial charge in [-0.25, -0.2) is 4.98 Å². The van der Waals surface area contributed by atoms with Gasteiger partial charge in [-0.3, -0.25) is 14.9 Å². The minimum absolute atomic E-state index is 0.108. The summed E-state index contributed by atoms with van der Waals surface area (Å²) in [5.41, 5.74) is -0.130. The Morgan fingerprint density at radius 2 is 2.00 bits per heavy atom. The molecular weight excluding hydrogens is 260 g/mol. The Kier molecular flexibility index (Phi) is 4.49. The van der Waals surface area contributed by atoms with Gasteiger partial charge in [-0.05, 0) is 12.8 Å². The van der Waals surface area contributed by atoms with E-state index < -0.39 is 4.92 Å². The highest BCUT2D eigenvalue weighted by molar-refractivity contribution is 5.98. The first-order chi connectivity index (χ1) is 9.63. The average Bonchev–Trinajstić information content (AvgIpc) is 2.74. The van der Waals surface area contributed by atoms with Crippen LogP contribution in [0.5, 0.6) is 0 Å². The van der Waals surface area contributed by atoms with E-state index in [1.807, 2.05) is 0 Å². The highest BCUT2D eigenvalue weighted by Crippen LogP contribution is 2.23. The van der Waals surface area contributed by atoms with Crippen LogP contribution >= 0.6 is 0 Å². The van der Waals surface area contributed by atoms with Crippen molar-refractivity contribution >= 4 is 17.4 Å². The van der Waals surface area contributed by atoms with Crippen LogP contribution in [0.3, 0.4) is 0 Å². The lowest BCUT2D eigenvalue weighted by Gasteiger charge is -2.20. The van der Waals surface area contributed by atoms with Gasteiger partial charge in [-0.2, -0.15) is 0 Å². The predicted octanol–water partition coefficient (Wildman–Crippen LogP) is 2.05. The van der Waals surface area contributed by atoms with E-state index in [4.69, 9.17) is 0 Å².